The second-order valence-corrected chi connectivity index (χ2v) is 4.70. The van der Waals surface area contributed by atoms with Gasteiger partial charge in [0.2, 0.25) is 0 Å². The van der Waals surface area contributed by atoms with Crippen LogP contribution in [0.25, 0.3) is 0 Å². The summed E-state index contributed by atoms with van der Waals surface area (Å²) in [5.41, 5.74) is 7.12. The van der Waals surface area contributed by atoms with Crippen LogP contribution in [0, 0.1) is 11.3 Å². The van der Waals surface area contributed by atoms with Gasteiger partial charge in [0, 0.05) is 6.92 Å². The van der Waals surface area contributed by atoms with E-state index in [1.807, 2.05) is 19.9 Å². The molecule has 0 fully saturated rings. The van der Waals surface area contributed by atoms with E-state index in [-0.39, 0.29) is 12.6 Å². The topological polar surface area (TPSA) is 88.1 Å². The monoisotopic (exact) mass is 247 g/mol. The largest absolute Gasteiger partial charge is 0.463 e. The van der Waals surface area contributed by atoms with Crippen LogP contribution in [0.5, 0.6) is 0 Å². The molecule has 18 heavy (non-hydrogen) atoms. The van der Waals surface area contributed by atoms with Gasteiger partial charge in [-0.2, -0.15) is 5.26 Å². The van der Waals surface area contributed by atoms with Gasteiger partial charge in [-0.3, -0.25) is 4.79 Å². The molecular formula is C13H17N3O2. The van der Waals surface area contributed by atoms with Gasteiger partial charge in [-0.25, -0.2) is 0 Å². The van der Waals surface area contributed by atoms with Crippen LogP contribution in [0.1, 0.15) is 26.3 Å². The van der Waals surface area contributed by atoms with Crippen molar-refractivity contribution in [1.82, 2.24) is 0 Å². The van der Waals surface area contributed by atoms with E-state index in [0.717, 1.165) is 0 Å². The normalized spacial score (nSPS) is 10.6. The number of hydrogen-bond donors (Lipinski definition) is 2. The molecule has 1 aromatic rings. The number of nitrogens with one attached hydrogen (secondary N) is 1. The summed E-state index contributed by atoms with van der Waals surface area (Å²) in [7, 11) is 0. The Morgan fingerprint density at radius 3 is 2.72 bits per heavy atom. The Balaban J connectivity index is 2.78. The van der Waals surface area contributed by atoms with Crippen LogP contribution >= 0.6 is 0 Å². The molecule has 0 aliphatic rings. The highest BCUT2D eigenvalue weighted by Gasteiger charge is 2.20. The molecule has 96 valence electrons. The number of anilines is 2. The number of ether oxygens (including phenoxy) is 1. The van der Waals surface area contributed by atoms with E-state index >= 15 is 0 Å². The van der Waals surface area contributed by atoms with Crippen molar-refractivity contribution in [2.45, 2.75) is 26.3 Å². The summed E-state index contributed by atoms with van der Waals surface area (Å²) in [6.45, 7) is 5.40. The van der Waals surface area contributed by atoms with Crippen molar-refractivity contribution in [3.8, 4) is 6.07 Å². The van der Waals surface area contributed by atoms with E-state index < -0.39 is 5.54 Å². The summed E-state index contributed by atoms with van der Waals surface area (Å²) >= 11 is 0. The predicted molar refractivity (Wildman–Crippen MR) is 69.9 cm³/mol. The van der Waals surface area contributed by atoms with Gasteiger partial charge >= 0.3 is 5.97 Å². The number of nitriles is 1. The number of esters is 1. The molecule has 0 spiro atoms. The first-order chi connectivity index (χ1) is 8.34. The molecule has 0 atom stereocenters. The standard InChI is InChI=1S/C13H17N3O2/c1-9(17)18-8-13(2,3)16-12-5-4-10(7-14)6-11(12)15/h4-6,16H,8,15H2,1-3H3. The number of carbonyl (C=O) groups is 1. The van der Waals surface area contributed by atoms with E-state index in [1.165, 1.54) is 6.92 Å². The minimum atomic E-state index is -0.437. The summed E-state index contributed by atoms with van der Waals surface area (Å²) in [4.78, 5) is 10.8. The molecular weight excluding hydrogens is 230 g/mol. The second kappa shape index (κ2) is 5.41. The molecule has 1 aromatic carbocycles. The maximum Gasteiger partial charge on any atom is 0.302 e. The molecule has 3 N–H and O–H groups in total. The molecule has 0 saturated carbocycles. The first kappa shape index (κ1) is 13.8. The molecule has 0 bridgehead atoms. The van der Waals surface area contributed by atoms with E-state index in [2.05, 4.69) is 5.32 Å². The van der Waals surface area contributed by atoms with Gasteiger partial charge in [0.1, 0.15) is 6.61 Å². The minimum Gasteiger partial charge on any atom is -0.463 e. The van der Waals surface area contributed by atoms with Crippen LogP contribution < -0.4 is 11.1 Å². The summed E-state index contributed by atoms with van der Waals surface area (Å²) in [6.07, 6.45) is 0. The Labute approximate surface area is 107 Å². The third-order valence-corrected chi connectivity index (χ3v) is 2.29. The average molecular weight is 247 g/mol. The smallest absolute Gasteiger partial charge is 0.302 e. The third-order valence-electron chi connectivity index (χ3n) is 2.29. The number of benzene rings is 1. The van der Waals surface area contributed by atoms with Crippen LogP contribution in [0.2, 0.25) is 0 Å². The van der Waals surface area contributed by atoms with Crippen LogP contribution in [0.4, 0.5) is 11.4 Å². The molecule has 0 unspecified atom stereocenters. The fourth-order valence-electron chi connectivity index (χ4n) is 1.43. The van der Waals surface area contributed by atoms with Crippen LogP contribution in [-0.2, 0) is 9.53 Å². The third kappa shape index (κ3) is 3.98. The van der Waals surface area contributed by atoms with Crippen molar-refractivity contribution in [2.75, 3.05) is 17.7 Å². The zero-order chi connectivity index (χ0) is 13.8. The lowest BCUT2D eigenvalue weighted by Crippen LogP contribution is -2.37. The quantitative estimate of drug-likeness (QED) is 0.626. The Kier molecular flexibility index (Phi) is 4.16. The zero-order valence-corrected chi connectivity index (χ0v) is 10.8. The van der Waals surface area contributed by atoms with Crippen molar-refractivity contribution in [3.63, 3.8) is 0 Å². The van der Waals surface area contributed by atoms with Gasteiger partial charge < -0.3 is 15.8 Å². The lowest BCUT2D eigenvalue weighted by atomic mass is 10.1. The van der Waals surface area contributed by atoms with Crippen LogP contribution in [0.3, 0.4) is 0 Å². The van der Waals surface area contributed by atoms with Gasteiger partial charge in [-0.15, -0.1) is 0 Å². The number of hydrogen-bond acceptors (Lipinski definition) is 5. The fourth-order valence-corrected chi connectivity index (χ4v) is 1.43. The first-order valence-electron chi connectivity index (χ1n) is 5.55. The second-order valence-electron chi connectivity index (χ2n) is 4.70. The van der Waals surface area contributed by atoms with E-state index in [0.29, 0.717) is 16.9 Å². The van der Waals surface area contributed by atoms with Crippen molar-refractivity contribution in [2.24, 2.45) is 0 Å². The Bertz CT molecular complexity index is 489. The minimum absolute atomic E-state index is 0.238. The Morgan fingerprint density at radius 2 is 2.22 bits per heavy atom. The van der Waals surface area contributed by atoms with Crippen molar-refractivity contribution in [3.05, 3.63) is 23.8 Å². The van der Waals surface area contributed by atoms with E-state index in [1.54, 1.807) is 18.2 Å². The zero-order valence-electron chi connectivity index (χ0n) is 10.8. The van der Waals surface area contributed by atoms with Gasteiger partial charge in [-0.05, 0) is 32.0 Å². The number of nitrogens with two attached hydrogens (primary N) is 1. The van der Waals surface area contributed by atoms with Gasteiger partial charge in [-0.1, -0.05) is 0 Å². The van der Waals surface area contributed by atoms with E-state index in [9.17, 15) is 4.79 Å². The number of nitrogen functional groups attached to an aromatic ring is 1. The number of nitrogens with zero attached hydrogens (tertiary/aromatic N) is 1. The SMILES string of the molecule is CC(=O)OCC(C)(C)Nc1ccc(C#N)cc1N. The molecule has 0 aliphatic heterocycles. The lowest BCUT2D eigenvalue weighted by Gasteiger charge is -2.27. The molecule has 0 heterocycles. The molecule has 5 nitrogen and oxygen atoms in total. The van der Waals surface area contributed by atoms with Crippen molar-refractivity contribution < 1.29 is 9.53 Å². The average Bonchev–Trinajstić information content (AvgIpc) is 2.29. The van der Waals surface area contributed by atoms with E-state index in [4.69, 9.17) is 15.7 Å². The predicted octanol–water partition coefficient (Wildman–Crippen LogP) is 1.89. The van der Waals surface area contributed by atoms with Crippen molar-refractivity contribution in [1.29, 1.82) is 5.26 Å². The van der Waals surface area contributed by atoms with Crippen LogP contribution in [0.15, 0.2) is 18.2 Å². The summed E-state index contributed by atoms with van der Waals surface area (Å²) in [5, 5.41) is 11.9. The first-order valence-corrected chi connectivity index (χ1v) is 5.55. The maximum atomic E-state index is 10.8. The Morgan fingerprint density at radius 1 is 1.56 bits per heavy atom. The summed E-state index contributed by atoms with van der Waals surface area (Å²) in [6, 6.07) is 7.04. The summed E-state index contributed by atoms with van der Waals surface area (Å²) in [5.74, 6) is -0.322. The molecule has 5 heteroatoms. The highest BCUT2D eigenvalue weighted by molar-refractivity contribution is 5.69. The fraction of sp³-hybridized carbons (Fsp3) is 0.385. The highest BCUT2D eigenvalue weighted by atomic mass is 16.5. The summed E-state index contributed by atoms with van der Waals surface area (Å²) < 4.78 is 4.97. The molecule has 0 saturated heterocycles. The van der Waals surface area contributed by atoms with Gasteiger partial charge in [0.25, 0.3) is 0 Å². The number of carbonyl (C=O) groups excluding carboxylic acids is 1. The van der Waals surface area contributed by atoms with Crippen LogP contribution in [-0.4, -0.2) is 18.1 Å². The lowest BCUT2D eigenvalue weighted by molar-refractivity contribution is -0.142. The maximum absolute atomic E-state index is 10.8. The molecule has 0 radical (unpaired) electrons. The number of rotatable bonds is 4. The molecule has 0 aliphatic carbocycles. The molecule has 0 amide bonds. The molecule has 0 aromatic heterocycles. The highest BCUT2D eigenvalue weighted by Crippen LogP contribution is 2.23. The Hall–Kier alpha value is -2.22. The molecule has 1 rings (SSSR count). The van der Waals surface area contributed by atoms with Gasteiger partial charge in [0.05, 0.1) is 28.5 Å². The van der Waals surface area contributed by atoms with Crippen molar-refractivity contribution >= 4 is 17.3 Å². The van der Waals surface area contributed by atoms with Gasteiger partial charge in [0.15, 0.2) is 0 Å².